The van der Waals surface area contributed by atoms with Gasteiger partial charge in [-0.05, 0) is 0 Å². The molecule has 0 amide bonds. The highest BCUT2D eigenvalue weighted by atomic mass is 14.3. The van der Waals surface area contributed by atoms with Gasteiger partial charge in [-0.2, -0.15) is 24.3 Å². The van der Waals surface area contributed by atoms with Gasteiger partial charge in [-0.25, -0.2) is 0 Å². The van der Waals surface area contributed by atoms with Crippen molar-refractivity contribution in [3.63, 3.8) is 0 Å². The van der Waals surface area contributed by atoms with Crippen molar-refractivity contribution >= 4 is 6.15 Å². The van der Waals surface area contributed by atoms with Crippen molar-refractivity contribution < 1.29 is 0 Å². The number of hydrogen-bond acceptors (Lipinski definition) is 0. The van der Waals surface area contributed by atoms with Gasteiger partial charge < -0.3 is 0 Å². The lowest BCUT2D eigenvalue weighted by atomic mass is 9.08. The van der Waals surface area contributed by atoms with Gasteiger partial charge in [-0.15, -0.1) is 0 Å². The van der Waals surface area contributed by atoms with Crippen LogP contribution < -0.4 is 0 Å². The lowest BCUT2D eigenvalue weighted by Crippen LogP contribution is -2.46. The van der Waals surface area contributed by atoms with E-state index in [1.165, 1.54) is 11.6 Å². The minimum atomic E-state index is 0.188. The predicted octanol–water partition coefficient (Wildman–Crippen LogP) is 4.34. The highest BCUT2D eigenvalue weighted by molar-refractivity contribution is 6.83. The molecule has 3 heterocycles. The second-order valence-electron chi connectivity index (χ2n) is 6.09. The quantitative estimate of drug-likeness (QED) is 0.483. The van der Waals surface area contributed by atoms with Crippen LogP contribution in [0, 0.1) is 0 Å². The topological polar surface area (TPSA) is 0 Å². The average molecular weight is 177 g/mol. The van der Waals surface area contributed by atoms with Crippen LogP contribution in [0.15, 0.2) is 0 Å². The molecule has 74 valence electrons. The standard InChI is InChI=1S/C12H22B/c1-2-10-13(9-1)11-5-3-6-12(13)8-4-7-11/h11-12H,1-10H2/q-1. The molecule has 3 rings (SSSR count). The maximum absolute atomic E-state index is 1.66. The Balaban J connectivity index is 1.90. The maximum atomic E-state index is 1.66. The van der Waals surface area contributed by atoms with E-state index in [0.717, 1.165) is 0 Å². The Bertz CT molecular complexity index is 169. The summed E-state index contributed by atoms with van der Waals surface area (Å²) >= 11 is 0. The molecular formula is C12H22B-. The van der Waals surface area contributed by atoms with Crippen LogP contribution in [0.4, 0.5) is 0 Å². The van der Waals surface area contributed by atoms with Gasteiger partial charge in [0.25, 0.3) is 0 Å². The molecule has 3 saturated heterocycles. The zero-order chi connectivity index (χ0) is 8.73. The number of rotatable bonds is 0. The van der Waals surface area contributed by atoms with Crippen LogP contribution in [-0.4, -0.2) is 6.15 Å². The van der Waals surface area contributed by atoms with Crippen LogP contribution >= 0.6 is 0 Å². The van der Waals surface area contributed by atoms with Crippen LogP contribution in [0.25, 0.3) is 0 Å². The van der Waals surface area contributed by atoms with E-state index in [2.05, 4.69) is 0 Å². The van der Waals surface area contributed by atoms with E-state index in [-0.39, 0.29) is 6.15 Å². The summed E-state index contributed by atoms with van der Waals surface area (Å²) in [6.45, 7) is 0. The molecule has 0 saturated carbocycles. The lowest BCUT2D eigenvalue weighted by molar-refractivity contribution is 0.429. The predicted molar refractivity (Wildman–Crippen MR) is 59.8 cm³/mol. The Hall–Kier alpha value is 0.0649. The molecule has 0 nitrogen and oxygen atoms in total. The molecule has 0 aromatic rings. The van der Waals surface area contributed by atoms with Gasteiger partial charge in [0, 0.05) is 6.15 Å². The summed E-state index contributed by atoms with van der Waals surface area (Å²) in [6.07, 6.45) is 16.2. The monoisotopic (exact) mass is 177 g/mol. The Kier molecular flexibility index (Phi) is 1.96. The summed E-state index contributed by atoms with van der Waals surface area (Å²) in [6, 6.07) is 0. The van der Waals surface area contributed by atoms with E-state index in [1.54, 1.807) is 64.0 Å². The van der Waals surface area contributed by atoms with E-state index in [9.17, 15) is 0 Å². The Morgan fingerprint density at radius 2 is 1.08 bits per heavy atom. The maximum Gasteiger partial charge on any atom is 0.00694 e. The first kappa shape index (κ1) is 8.38. The molecule has 2 bridgehead atoms. The third kappa shape index (κ3) is 1.12. The molecule has 13 heavy (non-hydrogen) atoms. The van der Waals surface area contributed by atoms with Crippen LogP contribution in [0.5, 0.6) is 0 Å². The third-order valence-electron chi connectivity index (χ3n) is 5.91. The highest BCUT2D eigenvalue weighted by Gasteiger charge is 2.44. The fraction of sp³-hybridized carbons (Fsp3) is 1.00. The summed E-state index contributed by atoms with van der Waals surface area (Å²) in [5.74, 6) is 2.44. The van der Waals surface area contributed by atoms with E-state index in [1.807, 2.05) is 0 Å². The van der Waals surface area contributed by atoms with Gasteiger partial charge in [0.15, 0.2) is 0 Å². The molecule has 3 aliphatic heterocycles. The average Bonchev–Trinajstić information content (AvgIpc) is 2.53. The second kappa shape index (κ2) is 3.03. The number of hydrogen-bond donors (Lipinski definition) is 0. The first-order valence-electron chi connectivity index (χ1n) is 6.62. The minimum Gasteiger partial charge on any atom is -0.178 e. The Morgan fingerprint density at radius 3 is 1.54 bits per heavy atom. The lowest BCUT2D eigenvalue weighted by Gasteiger charge is -2.57. The van der Waals surface area contributed by atoms with Crippen molar-refractivity contribution in [1.29, 1.82) is 0 Å². The van der Waals surface area contributed by atoms with E-state index >= 15 is 0 Å². The molecule has 3 aliphatic rings. The van der Waals surface area contributed by atoms with Gasteiger partial charge in [-0.1, -0.05) is 51.4 Å². The molecule has 0 radical (unpaired) electrons. The van der Waals surface area contributed by atoms with Crippen molar-refractivity contribution in [3.8, 4) is 0 Å². The highest BCUT2D eigenvalue weighted by Crippen LogP contribution is 2.59. The van der Waals surface area contributed by atoms with E-state index < -0.39 is 0 Å². The first-order valence-corrected chi connectivity index (χ1v) is 6.62. The van der Waals surface area contributed by atoms with Crippen LogP contribution in [0.3, 0.4) is 0 Å². The zero-order valence-electron chi connectivity index (χ0n) is 8.80. The summed E-state index contributed by atoms with van der Waals surface area (Å²) in [4.78, 5) is 0. The molecule has 3 fully saturated rings. The molecule has 0 N–H and O–H groups in total. The van der Waals surface area contributed by atoms with Crippen molar-refractivity contribution in [2.24, 2.45) is 0 Å². The van der Waals surface area contributed by atoms with Gasteiger partial charge in [0.1, 0.15) is 0 Å². The molecule has 0 aromatic heterocycles. The van der Waals surface area contributed by atoms with Crippen LogP contribution in [-0.2, 0) is 0 Å². The molecule has 1 heteroatoms. The van der Waals surface area contributed by atoms with Gasteiger partial charge in [0.2, 0.25) is 0 Å². The normalized spacial score (nSPS) is 42.5. The van der Waals surface area contributed by atoms with Crippen molar-refractivity contribution in [1.82, 2.24) is 0 Å². The smallest absolute Gasteiger partial charge is 0.00694 e. The van der Waals surface area contributed by atoms with Gasteiger partial charge in [0.05, 0.1) is 0 Å². The molecular weight excluding hydrogens is 155 g/mol. The van der Waals surface area contributed by atoms with Crippen molar-refractivity contribution in [2.45, 2.75) is 75.6 Å². The molecule has 0 aliphatic carbocycles. The summed E-state index contributed by atoms with van der Waals surface area (Å²) in [5, 5.41) is 0. The fourth-order valence-corrected chi connectivity index (χ4v) is 5.42. The second-order valence-corrected chi connectivity index (χ2v) is 6.09. The Morgan fingerprint density at radius 1 is 0.615 bits per heavy atom. The van der Waals surface area contributed by atoms with Gasteiger partial charge >= 0.3 is 0 Å². The Labute approximate surface area is 82.4 Å². The van der Waals surface area contributed by atoms with Crippen molar-refractivity contribution in [3.05, 3.63) is 0 Å². The molecule has 0 aromatic carbocycles. The SMILES string of the molecule is C1CC2CCCC(C1)[B-]21CCCC1. The zero-order valence-corrected chi connectivity index (χ0v) is 8.80. The molecule has 0 unspecified atom stereocenters. The molecule has 0 atom stereocenters. The fourth-order valence-electron chi connectivity index (χ4n) is 5.42. The van der Waals surface area contributed by atoms with Crippen LogP contribution in [0.2, 0.25) is 24.3 Å². The van der Waals surface area contributed by atoms with E-state index in [4.69, 9.17) is 0 Å². The largest absolute Gasteiger partial charge is 0.178 e. The molecule has 1 spiro atoms. The minimum absolute atomic E-state index is 0.188. The summed E-state index contributed by atoms with van der Waals surface area (Å²) in [7, 11) is 0. The van der Waals surface area contributed by atoms with Gasteiger partial charge in [-0.3, -0.25) is 0 Å². The summed E-state index contributed by atoms with van der Waals surface area (Å²) in [5.41, 5.74) is 0. The first-order chi connectivity index (χ1) is 6.42. The van der Waals surface area contributed by atoms with E-state index in [0.29, 0.717) is 0 Å². The van der Waals surface area contributed by atoms with Crippen LogP contribution in [0.1, 0.15) is 51.4 Å². The summed E-state index contributed by atoms with van der Waals surface area (Å²) < 4.78 is 0. The third-order valence-corrected chi connectivity index (χ3v) is 5.91. The van der Waals surface area contributed by atoms with Crippen molar-refractivity contribution in [2.75, 3.05) is 0 Å².